The van der Waals surface area contributed by atoms with E-state index in [1.54, 1.807) is 18.2 Å². The molecule has 1 aromatic carbocycles. The van der Waals surface area contributed by atoms with Crippen LogP contribution in [0.25, 0.3) is 0 Å². The van der Waals surface area contributed by atoms with Gasteiger partial charge < -0.3 is 10.6 Å². The van der Waals surface area contributed by atoms with Crippen molar-refractivity contribution in [2.75, 3.05) is 19.4 Å². The van der Waals surface area contributed by atoms with Crippen LogP contribution < -0.4 is 10.6 Å². The number of sulfonamides is 1. The van der Waals surface area contributed by atoms with Gasteiger partial charge in [0.1, 0.15) is 0 Å². The number of nitrogens with zero attached hydrogens (tertiary/aromatic N) is 1. The minimum atomic E-state index is -3.44. The SMILES string of the molecule is CN(C)S(=O)(=O)c1cccc(NC(=S)NC2CCCCCCC2)c1. The number of nitrogens with one attached hydrogen (secondary N) is 2. The molecule has 7 heteroatoms. The third kappa shape index (κ3) is 5.43. The predicted octanol–water partition coefficient (Wildman–Crippen LogP) is 3.34. The van der Waals surface area contributed by atoms with Crippen molar-refractivity contribution in [1.82, 2.24) is 9.62 Å². The van der Waals surface area contributed by atoms with E-state index < -0.39 is 10.0 Å². The molecule has 2 N–H and O–H groups in total. The first-order valence-corrected chi connectivity index (χ1v) is 10.3. The zero-order valence-corrected chi connectivity index (χ0v) is 16.0. The summed E-state index contributed by atoms with van der Waals surface area (Å²) >= 11 is 5.40. The zero-order valence-electron chi connectivity index (χ0n) is 14.4. The number of hydrogen-bond acceptors (Lipinski definition) is 3. The Hall–Kier alpha value is -1.18. The molecule has 0 heterocycles. The Morgan fingerprint density at radius 3 is 2.38 bits per heavy atom. The van der Waals surface area contributed by atoms with Gasteiger partial charge in [-0.1, -0.05) is 38.2 Å². The van der Waals surface area contributed by atoms with Crippen LogP contribution in [0.15, 0.2) is 29.2 Å². The van der Waals surface area contributed by atoms with Gasteiger partial charge in [0.25, 0.3) is 0 Å². The Morgan fingerprint density at radius 1 is 1.12 bits per heavy atom. The van der Waals surface area contributed by atoms with Crippen molar-refractivity contribution in [3.8, 4) is 0 Å². The van der Waals surface area contributed by atoms with Crippen LogP contribution in [0.3, 0.4) is 0 Å². The average molecular weight is 370 g/mol. The summed E-state index contributed by atoms with van der Waals surface area (Å²) in [6.45, 7) is 0. The Balaban J connectivity index is 1.99. The molecule has 1 aromatic rings. The van der Waals surface area contributed by atoms with Crippen molar-refractivity contribution < 1.29 is 8.42 Å². The van der Waals surface area contributed by atoms with E-state index in [1.807, 2.05) is 6.07 Å². The monoisotopic (exact) mass is 369 g/mol. The van der Waals surface area contributed by atoms with E-state index in [2.05, 4.69) is 10.6 Å². The summed E-state index contributed by atoms with van der Waals surface area (Å²) in [6.07, 6.45) is 8.66. The van der Waals surface area contributed by atoms with Gasteiger partial charge in [-0.15, -0.1) is 0 Å². The normalized spacial score (nSPS) is 17.1. The fourth-order valence-corrected chi connectivity index (χ4v) is 4.13. The summed E-state index contributed by atoms with van der Waals surface area (Å²) in [7, 11) is -0.393. The molecule has 24 heavy (non-hydrogen) atoms. The van der Waals surface area contributed by atoms with Gasteiger partial charge in [0.15, 0.2) is 5.11 Å². The highest BCUT2D eigenvalue weighted by atomic mass is 32.2. The van der Waals surface area contributed by atoms with Gasteiger partial charge in [-0.2, -0.15) is 0 Å². The molecule has 1 aliphatic carbocycles. The Kier molecular flexibility index (Phi) is 7.01. The molecule has 0 amide bonds. The highest BCUT2D eigenvalue weighted by molar-refractivity contribution is 7.89. The second-order valence-electron chi connectivity index (χ2n) is 6.46. The summed E-state index contributed by atoms with van der Waals surface area (Å²) in [4.78, 5) is 0.256. The van der Waals surface area contributed by atoms with E-state index in [1.165, 1.54) is 50.5 Å². The van der Waals surface area contributed by atoms with E-state index in [0.29, 0.717) is 16.8 Å². The second-order valence-corrected chi connectivity index (χ2v) is 9.02. The quantitative estimate of drug-likeness (QED) is 0.797. The fourth-order valence-electron chi connectivity index (χ4n) is 2.90. The lowest BCUT2D eigenvalue weighted by atomic mass is 9.97. The Bertz CT molecular complexity index is 652. The van der Waals surface area contributed by atoms with Crippen molar-refractivity contribution in [2.45, 2.75) is 55.9 Å². The van der Waals surface area contributed by atoms with Crippen LogP contribution in [0.2, 0.25) is 0 Å². The smallest absolute Gasteiger partial charge is 0.242 e. The molecule has 134 valence electrons. The molecule has 0 spiro atoms. The van der Waals surface area contributed by atoms with Gasteiger partial charge in [0.05, 0.1) is 4.90 Å². The molecule has 1 saturated carbocycles. The third-order valence-corrected chi connectivity index (χ3v) is 6.34. The molecular formula is C17H27N3O2S2. The van der Waals surface area contributed by atoms with E-state index in [9.17, 15) is 8.42 Å². The van der Waals surface area contributed by atoms with Crippen LogP contribution in [-0.2, 0) is 10.0 Å². The summed E-state index contributed by atoms with van der Waals surface area (Å²) in [5, 5.41) is 7.05. The minimum Gasteiger partial charge on any atom is -0.360 e. The van der Waals surface area contributed by atoms with Crippen LogP contribution >= 0.6 is 12.2 Å². The standard InChI is InChI=1S/C17H27N3O2S2/c1-20(2)24(21,22)16-12-8-11-15(13-16)19-17(23)18-14-9-6-4-3-5-7-10-14/h8,11-14H,3-7,9-10H2,1-2H3,(H2,18,19,23). The molecule has 0 aliphatic heterocycles. The van der Waals surface area contributed by atoms with Gasteiger partial charge in [-0.05, 0) is 43.3 Å². The molecule has 1 aliphatic rings. The van der Waals surface area contributed by atoms with Crippen LogP contribution in [0.4, 0.5) is 5.69 Å². The maximum atomic E-state index is 12.2. The van der Waals surface area contributed by atoms with E-state index >= 15 is 0 Å². The maximum Gasteiger partial charge on any atom is 0.242 e. The Morgan fingerprint density at radius 2 is 1.75 bits per heavy atom. The van der Waals surface area contributed by atoms with Crippen LogP contribution in [0.1, 0.15) is 44.9 Å². The molecule has 2 rings (SSSR count). The number of thiocarbonyl (C=S) groups is 1. The largest absolute Gasteiger partial charge is 0.360 e. The average Bonchev–Trinajstić information content (AvgIpc) is 2.50. The van der Waals surface area contributed by atoms with Gasteiger partial charge in [-0.25, -0.2) is 12.7 Å². The van der Waals surface area contributed by atoms with Crippen molar-refractivity contribution in [1.29, 1.82) is 0 Å². The molecule has 0 aromatic heterocycles. The number of rotatable bonds is 4. The molecule has 0 unspecified atom stereocenters. The number of anilines is 1. The van der Waals surface area contributed by atoms with Crippen LogP contribution in [-0.4, -0.2) is 38.0 Å². The van der Waals surface area contributed by atoms with Crippen molar-refractivity contribution in [2.24, 2.45) is 0 Å². The molecule has 1 fully saturated rings. The zero-order chi connectivity index (χ0) is 17.6. The van der Waals surface area contributed by atoms with E-state index in [-0.39, 0.29) is 4.90 Å². The highest BCUT2D eigenvalue weighted by Crippen LogP contribution is 2.19. The lowest BCUT2D eigenvalue weighted by Crippen LogP contribution is -2.38. The van der Waals surface area contributed by atoms with Gasteiger partial charge in [0.2, 0.25) is 10.0 Å². The minimum absolute atomic E-state index is 0.256. The molecule has 0 bridgehead atoms. The van der Waals surface area contributed by atoms with Gasteiger partial charge in [-0.3, -0.25) is 0 Å². The molecule has 5 nitrogen and oxygen atoms in total. The first-order chi connectivity index (χ1) is 11.4. The second kappa shape index (κ2) is 8.78. The van der Waals surface area contributed by atoms with Crippen LogP contribution in [0, 0.1) is 0 Å². The maximum absolute atomic E-state index is 12.2. The summed E-state index contributed by atoms with van der Waals surface area (Å²) in [5.74, 6) is 0. The fraction of sp³-hybridized carbons (Fsp3) is 0.588. The first-order valence-electron chi connectivity index (χ1n) is 8.50. The van der Waals surface area contributed by atoms with Crippen molar-refractivity contribution >= 4 is 33.0 Å². The van der Waals surface area contributed by atoms with Crippen molar-refractivity contribution in [3.05, 3.63) is 24.3 Å². The lowest BCUT2D eigenvalue weighted by molar-refractivity contribution is 0.430. The van der Waals surface area contributed by atoms with E-state index in [4.69, 9.17) is 12.2 Å². The van der Waals surface area contributed by atoms with Crippen LogP contribution in [0.5, 0.6) is 0 Å². The lowest BCUT2D eigenvalue weighted by Gasteiger charge is -2.23. The van der Waals surface area contributed by atoms with Crippen molar-refractivity contribution in [3.63, 3.8) is 0 Å². The Labute approximate surface area is 150 Å². The summed E-state index contributed by atoms with van der Waals surface area (Å²) in [6, 6.07) is 7.14. The van der Waals surface area contributed by atoms with Gasteiger partial charge >= 0.3 is 0 Å². The van der Waals surface area contributed by atoms with Gasteiger partial charge in [0, 0.05) is 25.8 Å². The first kappa shape index (κ1) is 19.1. The highest BCUT2D eigenvalue weighted by Gasteiger charge is 2.18. The molecule has 0 atom stereocenters. The third-order valence-electron chi connectivity index (χ3n) is 4.31. The molecule has 0 saturated heterocycles. The molecular weight excluding hydrogens is 342 g/mol. The van der Waals surface area contributed by atoms with E-state index in [0.717, 1.165) is 12.8 Å². The summed E-state index contributed by atoms with van der Waals surface area (Å²) in [5.41, 5.74) is 0.682. The topological polar surface area (TPSA) is 61.4 Å². The number of benzene rings is 1. The number of hydrogen-bond donors (Lipinski definition) is 2. The summed E-state index contributed by atoms with van der Waals surface area (Å²) < 4.78 is 25.6. The predicted molar refractivity (Wildman–Crippen MR) is 103 cm³/mol. The molecule has 0 radical (unpaired) electrons.